The molecule has 2 aromatic rings. The van der Waals surface area contributed by atoms with Crippen molar-refractivity contribution in [2.45, 2.75) is 32.4 Å². The first kappa shape index (κ1) is 13.7. The molecule has 0 atom stereocenters. The van der Waals surface area contributed by atoms with Crippen molar-refractivity contribution in [2.24, 2.45) is 0 Å². The molecule has 0 saturated heterocycles. The molecular formula is C16H16INO2. The number of furan rings is 1. The molecule has 0 spiro atoms. The van der Waals surface area contributed by atoms with E-state index in [4.69, 9.17) is 4.42 Å². The van der Waals surface area contributed by atoms with Crippen molar-refractivity contribution in [3.05, 3.63) is 57.1 Å². The highest BCUT2D eigenvalue weighted by atomic mass is 127. The van der Waals surface area contributed by atoms with E-state index in [2.05, 4.69) is 22.6 Å². The molecule has 20 heavy (non-hydrogen) atoms. The second-order valence-corrected chi connectivity index (χ2v) is 6.32. The molecule has 0 bridgehead atoms. The maximum atomic E-state index is 12.7. The number of rotatable bonds is 4. The highest BCUT2D eigenvalue weighted by Gasteiger charge is 2.34. The minimum atomic E-state index is 0.103. The first-order valence-corrected chi connectivity index (χ1v) is 7.84. The van der Waals surface area contributed by atoms with Crippen molar-refractivity contribution in [3.63, 3.8) is 0 Å². The van der Waals surface area contributed by atoms with E-state index in [9.17, 15) is 4.79 Å². The molecule has 0 aliphatic heterocycles. The quantitative estimate of drug-likeness (QED) is 0.751. The molecule has 1 amide bonds. The molecule has 1 heterocycles. The van der Waals surface area contributed by atoms with Gasteiger partial charge in [-0.15, -0.1) is 0 Å². The summed E-state index contributed by atoms with van der Waals surface area (Å²) in [6.07, 6.45) is 2.18. The number of hydrogen-bond acceptors (Lipinski definition) is 2. The molecule has 1 aromatic carbocycles. The van der Waals surface area contributed by atoms with Crippen LogP contribution in [0, 0.1) is 10.5 Å². The van der Waals surface area contributed by atoms with E-state index in [-0.39, 0.29) is 5.91 Å². The molecule has 1 aliphatic carbocycles. The van der Waals surface area contributed by atoms with Crippen LogP contribution in [0.15, 0.2) is 40.8 Å². The Bertz CT molecular complexity index is 631. The molecule has 3 nitrogen and oxygen atoms in total. The van der Waals surface area contributed by atoms with Crippen LogP contribution in [-0.2, 0) is 6.54 Å². The Balaban J connectivity index is 1.84. The summed E-state index contributed by atoms with van der Waals surface area (Å²) in [5.74, 6) is 1.85. The fraction of sp³-hybridized carbons (Fsp3) is 0.312. The van der Waals surface area contributed by atoms with Gasteiger partial charge in [-0.3, -0.25) is 4.79 Å². The van der Waals surface area contributed by atoms with E-state index >= 15 is 0 Å². The van der Waals surface area contributed by atoms with Crippen LogP contribution in [0.5, 0.6) is 0 Å². The topological polar surface area (TPSA) is 33.5 Å². The molecule has 1 saturated carbocycles. The monoisotopic (exact) mass is 381 g/mol. The van der Waals surface area contributed by atoms with Crippen molar-refractivity contribution in [1.29, 1.82) is 0 Å². The van der Waals surface area contributed by atoms with Gasteiger partial charge in [-0.2, -0.15) is 0 Å². The summed E-state index contributed by atoms with van der Waals surface area (Å²) >= 11 is 2.22. The lowest BCUT2D eigenvalue weighted by Crippen LogP contribution is -2.33. The Morgan fingerprint density at radius 1 is 1.30 bits per heavy atom. The zero-order valence-electron chi connectivity index (χ0n) is 11.3. The number of halogens is 1. The zero-order chi connectivity index (χ0) is 14.1. The average Bonchev–Trinajstić information content (AvgIpc) is 3.19. The number of hydrogen-bond donors (Lipinski definition) is 0. The van der Waals surface area contributed by atoms with E-state index < -0.39 is 0 Å². The predicted octanol–water partition coefficient (Wildman–Crippen LogP) is 4.00. The van der Waals surface area contributed by atoms with E-state index in [1.807, 2.05) is 48.2 Å². The van der Waals surface area contributed by atoms with Gasteiger partial charge in [0.15, 0.2) is 0 Å². The standard InChI is InChI=1S/C16H16INO2/c1-11-6-9-13(20-11)10-18(12-7-8-12)16(19)14-4-2-3-5-15(14)17/h2-6,9,12H,7-8,10H2,1H3. The zero-order valence-corrected chi connectivity index (χ0v) is 13.5. The Labute approximate surface area is 132 Å². The Hall–Kier alpha value is -1.30. The van der Waals surface area contributed by atoms with Crippen LogP contribution in [0.25, 0.3) is 0 Å². The fourth-order valence-corrected chi connectivity index (χ4v) is 2.90. The van der Waals surface area contributed by atoms with Gasteiger partial charge < -0.3 is 9.32 Å². The van der Waals surface area contributed by atoms with E-state index in [1.165, 1.54) is 0 Å². The largest absolute Gasteiger partial charge is 0.464 e. The third kappa shape index (κ3) is 2.90. The van der Waals surface area contributed by atoms with Gasteiger partial charge in [0.2, 0.25) is 0 Å². The summed E-state index contributed by atoms with van der Waals surface area (Å²) in [4.78, 5) is 14.7. The smallest absolute Gasteiger partial charge is 0.255 e. The minimum Gasteiger partial charge on any atom is -0.464 e. The molecule has 1 aromatic heterocycles. The van der Waals surface area contributed by atoms with Crippen LogP contribution in [-0.4, -0.2) is 16.8 Å². The molecule has 1 aliphatic rings. The number of aryl methyl sites for hydroxylation is 1. The van der Waals surface area contributed by atoms with Crippen LogP contribution in [0.3, 0.4) is 0 Å². The van der Waals surface area contributed by atoms with Gasteiger partial charge in [0, 0.05) is 9.61 Å². The Morgan fingerprint density at radius 2 is 2.05 bits per heavy atom. The second-order valence-electron chi connectivity index (χ2n) is 5.16. The number of amides is 1. The summed E-state index contributed by atoms with van der Waals surface area (Å²) < 4.78 is 6.61. The second kappa shape index (κ2) is 5.60. The van der Waals surface area contributed by atoms with Gasteiger partial charge in [-0.25, -0.2) is 0 Å². The van der Waals surface area contributed by atoms with Crippen LogP contribution in [0.2, 0.25) is 0 Å². The van der Waals surface area contributed by atoms with Gasteiger partial charge in [0.1, 0.15) is 11.5 Å². The maximum Gasteiger partial charge on any atom is 0.255 e. The average molecular weight is 381 g/mol. The van der Waals surface area contributed by atoms with E-state index in [0.29, 0.717) is 12.6 Å². The fourth-order valence-electron chi connectivity index (χ4n) is 2.28. The van der Waals surface area contributed by atoms with Crippen molar-refractivity contribution < 1.29 is 9.21 Å². The van der Waals surface area contributed by atoms with Crippen molar-refractivity contribution in [1.82, 2.24) is 4.90 Å². The number of carbonyl (C=O) groups is 1. The van der Waals surface area contributed by atoms with Gasteiger partial charge >= 0.3 is 0 Å². The maximum absolute atomic E-state index is 12.7. The minimum absolute atomic E-state index is 0.103. The highest BCUT2D eigenvalue weighted by Crippen LogP contribution is 2.30. The molecule has 0 N–H and O–H groups in total. The van der Waals surface area contributed by atoms with Gasteiger partial charge in [0.05, 0.1) is 12.1 Å². The van der Waals surface area contributed by atoms with Gasteiger partial charge in [-0.05, 0) is 66.6 Å². The SMILES string of the molecule is Cc1ccc(CN(C(=O)c2ccccc2I)C2CC2)o1. The lowest BCUT2D eigenvalue weighted by Gasteiger charge is -2.22. The van der Waals surface area contributed by atoms with Crippen LogP contribution < -0.4 is 0 Å². The normalized spacial score (nSPS) is 14.3. The third-order valence-corrected chi connectivity index (χ3v) is 4.42. The molecule has 1 fully saturated rings. The van der Waals surface area contributed by atoms with Crippen LogP contribution in [0.4, 0.5) is 0 Å². The molecule has 3 rings (SSSR count). The summed E-state index contributed by atoms with van der Waals surface area (Å²) in [7, 11) is 0. The first-order valence-electron chi connectivity index (χ1n) is 6.76. The Morgan fingerprint density at radius 3 is 2.65 bits per heavy atom. The van der Waals surface area contributed by atoms with E-state index in [1.54, 1.807) is 0 Å². The number of nitrogens with zero attached hydrogens (tertiary/aromatic N) is 1. The number of benzene rings is 1. The van der Waals surface area contributed by atoms with Crippen molar-refractivity contribution in [3.8, 4) is 0 Å². The van der Waals surface area contributed by atoms with Gasteiger partial charge in [-0.1, -0.05) is 12.1 Å². The van der Waals surface area contributed by atoms with Crippen LogP contribution in [0.1, 0.15) is 34.7 Å². The molecular weight excluding hydrogens is 365 g/mol. The summed E-state index contributed by atoms with van der Waals surface area (Å²) in [6, 6.07) is 12.0. The van der Waals surface area contributed by atoms with Crippen LogP contribution >= 0.6 is 22.6 Å². The first-order chi connectivity index (χ1) is 9.65. The molecule has 104 valence electrons. The lowest BCUT2D eigenvalue weighted by atomic mass is 10.2. The summed E-state index contributed by atoms with van der Waals surface area (Å²) in [5.41, 5.74) is 0.781. The summed E-state index contributed by atoms with van der Waals surface area (Å²) in [6.45, 7) is 2.48. The summed E-state index contributed by atoms with van der Waals surface area (Å²) in [5, 5.41) is 0. The van der Waals surface area contributed by atoms with Crippen molar-refractivity contribution >= 4 is 28.5 Å². The molecule has 0 unspecified atom stereocenters. The molecule has 4 heteroatoms. The van der Waals surface area contributed by atoms with Crippen molar-refractivity contribution in [2.75, 3.05) is 0 Å². The number of carbonyl (C=O) groups excluding carboxylic acids is 1. The van der Waals surface area contributed by atoms with E-state index in [0.717, 1.165) is 33.5 Å². The lowest BCUT2D eigenvalue weighted by molar-refractivity contribution is 0.0716. The third-order valence-electron chi connectivity index (χ3n) is 3.47. The molecule has 0 radical (unpaired) electrons. The van der Waals surface area contributed by atoms with Gasteiger partial charge in [0.25, 0.3) is 5.91 Å². The highest BCUT2D eigenvalue weighted by molar-refractivity contribution is 14.1. The Kier molecular flexibility index (Phi) is 3.83. The predicted molar refractivity (Wildman–Crippen MR) is 85.5 cm³/mol.